The van der Waals surface area contributed by atoms with Crippen molar-refractivity contribution in [3.8, 4) is 0 Å². The Kier molecular flexibility index (Phi) is 3.22. The van der Waals surface area contributed by atoms with Gasteiger partial charge in [0.25, 0.3) is 0 Å². The minimum Gasteiger partial charge on any atom is -0.480 e. The number of nitrogens with two attached hydrogens (primary N) is 2. The van der Waals surface area contributed by atoms with Crippen LogP contribution >= 0.6 is 0 Å². The van der Waals surface area contributed by atoms with Gasteiger partial charge in [-0.15, -0.1) is 0 Å². The van der Waals surface area contributed by atoms with Crippen molar-refractivity contribution in [2.24, 2.45) is 11.5 Å². The van der Waals surface area contributed by atoms with Crippen LogP contribution in [0.5, 0.6) is 0 Å². The Labute approximate surface area is 82.5 Å². The van der Waals surface area contributed by atoms with Gasteiger partial charge in [-0.25, -0.2) is 0 Å². The zero-order valence-corrected chi connectivity index (χ0v) is 7.81. The number of benzene rings is 1. The fraction of sp³-hybridized carbons (Fsp3) is 0.300. The first kappa shape index (κ1) is 10.7. The van der Waals surface area contributed by atoms with E-state index in [9.17, 15) is 4.79 Å². The van der Waals surface area contributed by atoms with E-state index in [0.717, 1.165) is 5.56 Å². The fourth-order valence-electron chi connectivity index (χ4n) is 1.20. The van der Waals surface area contributed by atoms with Crippen molar-refractivity contribution in [1.82, 2.24) is 0 Å². The van der Waals surface area contributed by atoms with E-state index in [1.807, 2.05) is 30.3 Å². The molecular formula is C10H14N2O2. The van der Waals surface area contributed by atoms with E-state index < -0.39 is 11.5 Å². The molecule has 5 N–H and O–H groups in total. The van der Waals surface area contributed by atoms with Gasteiger partial charge in [-0.2, -0.15) is 0 Å². The Morgan fingerprint density at radius 1 is 1.36 bits per heavy atom. The second kappa shape index (κ2) is 4.21. The maximum atomic E-state index is 10.9. The molecule has 0 saturated heterocycles. The van der Waals surface area contributed by atoms with Crippen molar-refractivity contribution < 1.29 is 9.90 Å². The van der Waals surface area contributed by atoms with Crippen LogP contribution in [0.15, 0.2) is 30.3 Å². The van der Waals surface area contributed by atoms with Gasteiger partial charge in [-0.05, 0) is 5.56 Å². The maximum Gasteiger partial charge on any atom is 0.325 e. The summed E-state index contributed by atoms with van der Waals surface area (Å²) >= 11 is 0. The van der Waals surface area contributed by atoms with E-state index in [1.54, 1.807) is 0 Å². The highest BCUT2D eigenvalue weighted by Crippen LogP contribution is 2.10. The molecule has 0 aliphatic heterocycles. The minimum atomic E-state index is -1.36. The Bertz CT molecular complexity index is 313. The molecule has 0 saturated carbocycles. The summed E-state index contributed by atoms with van der Waals surface area (Å²) in [6, 6.07) is 9.22. The average molecular weight is 194 g/mol. The molecule has 0 radical (unpaired) electrons. The predicted octanol–water partition coefficient (Wildman–Crippen LogP) is -0.0301. The van der Waals surface area contributed by atoms with Crippen molar-refractivity contribution in [2.75, 3.05) is 6.54 Å². The normalized spacial score (nSPS) is 14.7. The Balaban J connectivity index is 2.81. The molecule has 1 atom stereocenters. The van der Waals surface area contributed by atoms with Gasteiger partial charge in [-0.3, -0.25) is 4.79 Å². The highest BCUT2D eigenvalue weighted by atomic mass is 16.4. The number of carboxylic acid groups (broad SMARTS) is 1. The summed E-state index contributed by atoms with van der Waals surface area (Å²) in [5.41, 5.74) is 10.5. The van der Waals surface area contributed by atoms with Crippen LogP contribution in [0.1, 0.15) is 5.56 Å². The van der Waals surface area contributed by atoms with Crippen molar-refractivity contribution in [1.29, 1.82) is 0 Å². The molecule has 1 aromatic carbocycles. The number of aliphatic carboxylic acids is 1. The second-order valence-corrected chi connectivity index (χ2v) is 3.33. The molecule has 1 aromatic rings. The van der Waals surface area contributed by atoms with Gasteiger partial charge in [0.15, 0.2) is 0 Å². The molecule has 0 unspecified atom stereocenters. The van der Waals surface area contributed by atoms with Crippen molar-refractivity contribution >= 4 is 5.97 Å². The molecule has 0 fully saturated rings. The summed E-state index contributed by atoms with van der Waals surface area (Å²) in [5, 5.41) is 8.89. The standard InChI is InChI=1S/C10H14N2O2/c11-7-10(12,9(13)14)6-8-4-2-1-3-5-8/h1-5H,6-7,11-12H2,(H,13,14)/t10-/m0/s1. The maximum absolute atomic E-state index is 10.9. The monoisotopic (exact) mass is 194 g/mol. The lowest BCUT2D eigenvalue weighted by Gasteiger charge is -2.22. The van der Waals surface area contributed by atoms with E-state index in [1.165, 1.54) is 0 Å². The Morgan fingerprint density at radius 2 is 1.93 bits per heavy atom. The van der Waals surface area contributed by atoms with Crippen molar-refractivity contribution in [2.45, 2.75) is 12.0 Å². The van der Waals surface area contributed by atoms with E-state index >= 15 is 0 Å². The first-order chi connectivity index (χ1) is 6.58. The highest BCUT2D eigenvalue weighted by molar-refractivity contribution is 5.79. The summed E-state index contributed by atoms with van der Waals surface area (Å²) < 4.78 is 0. The molecule has 0 aromatic heterocycles. The van der Waals surface area contributed by atoms with Gasteiger partial charge in [-0.1, -0.05) is 30.3 Å². The highest BCUT2D eigenvalue weighted by Gasteiger charge is 2.32. The number of rotatable bonds is 4. The Hall–Kier alpha value is -1.39. The van der Waals surface area contributed by atoms with Gasteiger partial charge in [0.1, 0.15) is 5.54 Å². The van der Waals surface area contributed by atoms with E-state index in [2.05, 4.69) is 0 Å². The molecule has 14 heavy (non-hydrogen) atoms. The lowest BCUT2D eigenvalue weighted by atomic mass is 9.92. The molecule has 0 aliphatic rings. The number of hydrogen-bond donors (Lipinski definition) is 3. The van der Waals surface area contributed by atoms with Crippen LogP contribution in [0.4, 0.5) is 0 Å². The summed E-state index contributed by atoms with van der Waals surface area (Å²) in [7, 11) is 0. The minimum absolute atomic E-state index is 0.0722. The van der Waals surface area contributed by atoms with Gasteiger partial charge < -0.3 is 16.6 Å². The van der Waals surface area contributed by atoms with Crippen LogP contribution in [0, 0.1) is 0 Å². The van der Waals surface area contributed by atoms with Crippen LogP contribution in [0.25, 0.3) is 0 Å². The SMILES string of the molecule is NC[C@@](N)(Cc1ccccc1)C(=O)O. The molecule has 0 heterocycles. The van der Waals surface area contributed by atoms with Crippen LogP contribution in [0.3, 0.4) is 0 Å². The topological polar surface area (TPSA) is 89.3 Å². The summed E-state index contributed by atoms with van der Waals surface area (Å²) in [6.07, 6.45) is 0.250. The zero-order chi connectivity index (χ0) is 10.6. The smallest absolute Gasteiger partial charge is 0.325 e. The fourth-order valence-corrected chi connectivity index (χ4v) is 1.20. The predicted molar refractivity (Wildman–Crippen MR) is 53.8 cm³/mol. The second-order valence-electron chi connectivity index (χ2n) is 3.33. The van der Waals surface area contributed by atoms with E-state index in [-0.39, 0.29) is 13.0 Å². The third kappa shape index (κ3) is 2.31. The molecule has 0 aliphatic carbocycles. The third-order valence-electron chi connectivity index (χ3n) is 2.15. The number of carbonyl (C=O) groups is 1. The quantitative estimate of drug-likeness (QED) is 0.628. The summed E-state index contributed by atoms with van der Waals surface area (Å²) in [4.78, 5) is 10.9. The lowest BCUT2D eigenvalue weighted by Crippen LogP contribution is -2.55. The number of carboxylic acids is 1. The number of hydrogen-bond acceptors (Lipinski definition) is 3. The molecule has 1 rings (SSSR count). The summed E-state index contributed by atoms with van der Waals surface area (Å²) in [5.74, 6) is -1.07. The van der Waals surface area contributed by atoms with Crippen LogP contribution in [-0.4, -0.2) is 23.2 Å². The van der Waals surface area contributed by atoms with Gasteiger partial charge in [0, 0.05) is 13.0 Å². The molecule has 0 spiro atoms. The largest absolute Gasteiger partial charge is 0.480 e. The molecule has 4 nitrogen and oxygen atoms in total. The first-order valence-electron chi connectivity index (χ1n) is 4.35. The van der Waals surface area contributed by atoms with E-state index in [4.69, 9.17) is 16.6 Å². The first-order valence-corrected chi connectivity index (χ1v) is 4.35. The van der Waals surface area contributed by atoms with Crippen LogP contribution in [-0.2, 0) is 11.2 Å². The van der Waals surface area contributed by atoms with Crippen LogP contribution < -0.4 is 11.5 Å². The van der Waals surface area contributed by atoms with Gasteiger partial charge >= 0.3 is 5.97 Å². The van der Waals surface area contributed by atoms with Crippen LogP contribution in [0.2, 0.25) is 0 Å². The van der Waals surface area contributed by atoms with Gasteiger partial charge in [0.2, 0.25) is 0 Å². The van der Waals surface area contributed by atoms with Gasteiger partial charge in [0.05, 0.1) is 0 Å². The molecule has 0 bridgehead atoms. The molecule has 76 valence electrons. The third-order valence-corrected chi connectivity index (χ3v) is 2.15. The zero-order valence-electron chi connectivity index (χ0n) is 7.81. The average Bonchev–Trinajstić information content (AvgIpc) is 2.19. The molecular weight excluding hydrogens is 180 g/mol. The Morgan fingerprint density at radius 3 is 2.36 bits per heavy atom. The van der Waals surface area contributed by atoms with E-state index in [0.29, 0.717) is 0 Å². The van der Waals surface area contributed by atoms with Crippen molar-refractivity contribution in [3.63, 3.8) is 0 Å². The lowest BCUT2D eigenvalue weighted by molar-refractivity contribution is -0.142. The molecule has 0 amide bonds. The molecule has 4 heteroatoms. The summed E-state index contributed by atoms with van der Waals surface area (Å²) in [6.45, 7) is -0.0722. The van der Waals surface area contributed by atoms with Crippen molar-refractivity contribution in [3.05, 3.63) is 35.9 Å².